The zero-order valence-electron chi connectivity index (χ0n) is 39.8. The van der Waals surface area contributed by atoms with Crippen molar-refractivity contribution in [3.05, 3.63) is 353 Å². The molecule has 0 amide bonds. The standard InChI is InChI=1S/3C20H16O2.C6H5.Sn/c3*21-19(22)20(16-10-4-1-5-11-16,17-12-6-2-7-13-17)18-14-8-3-9-15-18;1-2-4-6-5-3-1;/h3*1-15H,(H,21,22);1-5H;/q;;;;+3/p-3. The normalized spacial score (nSPS) is 11.7. The van der Waals surface area contributed by atoms with Gasteiger partial charge in [-0.05, 0) is 0 Å². The van der Waals surface area contributed by atoms with Gasteiger partial charge in [0.05, 0.1) is 0 Å². The van der Waals surface area contributed by atoms with Crippen molar-refractivity contribution in [3.8, 4) is 0 Å². The summed E-state index contributed by atoms with van der Waals surface area (Å²) < 4.78 is 22.4. The van der Waals surface area contributed by atoms with Crippen molar-refractivity contribution in [3.63, 3.8) is 0 Å². The minimum absolute atomic E-state index is 0.265. The van der Waals surface area contributed by atoms with Crippen LogP contribution in [0.3, 0.4) is 0 Å². The maximum atomic E-state index is 16.8. The van der Waals surface area contributed by atoms with Crippen LogP contribution in [0, 0.1) is 0 Å². The Morgan fingerprint density at radius 2 is 0.356 bits per heavy atom. The topological polar surface area (TPSA) is 78.9 Å². The summed E-state index contributed by atoms with van der Waals surface area (Å²) in [4.78, 5) is 50.4. The first kappa shape index (κ1) is 48.1. The molecule has 0 spiro atoms. The molecule has 0 bridgehead atoms. The molecule has 7 heteroatoms. The molecular weight excluding hydrogens is 1010 g/mol. The van der Waals surface area contributed by atoms with Gasteiger partial charge in [-0.2, -0.15) is 0 Å². The molecule has 10 rings (SSSR count). The Morgan fingerprint density at radius 3 is 0.507 bits per heavy atom. The van der Waals surface area contributed by atoms with Gasteiger partial charge in [-0.25, -0.2) is 0 Å². The first-order chi connectivity index (χ1) is 35.9. The van der Waals surface area contributed by atoms with Crippen molar-refractivity contribution in [1.29, 1.82) is 0 Å². The quantitative estimate of drug-likeness (QED) is 0.0709. The van der Waals surface area contributed by atoms with E-state index in [1.54, 1.807) is 24.3 Å². The number of carbonyl (C=O) groups excluding carboxylic acids is 3. The Kier molecular flexibility index (Phi) is 14.1. The van der Waals surface area contributed by atoms with Crippen LogP contribution < -0.4 is 3.58 Å². The molecule has 0 saturated carbocycles. The van der Waals surface area contributed by atoms with Gasteiger partial charge in [-0.3, -0.25) is 0 Å². The molecule has 0 saturated heterocycles. The fraction of sp³-hybridized carbons (Fsp3) is 0.0455. The van der Waals surface area contributed by atoms with Crippen LogP contribution in [0.1, 0.15) is 50.1 Å². The van der Waals surface area contributed by atoms with E-state index in [1.165, 1.54) is 0 Å². The summed E-state index contributed by atoms with van der Waals surface area (Å²) in [6.45, 7) is 0. The predicted octanol–water partition coefficient (Wildman–Crippen LogP) is 12.6. The van der Waals surface area contributed by atoms with E-state index in [4.69, 9.17) is 9.22 Å². The van der Waals surface area contributed by atoms with E-state index in [2.05, 4.69) is 0 Å². The van der Waals surface area contributed by atoms with Crippen molar-refractivity contribution < 1.29 is 23.6 Å². The van der Waals surface area contributed by atoms with Crippen LogP contribution in [0.2, 0.25) is 0 Å². The third kappa shape index (κ3) is 8.85. The van der Waals surface area contributed by atoms with Crippen LogP contribution in [0.15, 0.2) is 303 Å². The monoisotopic (exact) mass is 1060 g/mol. The van der Waals surface area contributed by atoms with Crippen LogP contribution >= 0.6 is 0 Å². The van der Waals surface area contributed by atoms with E-state index >= 15 is 14.4 Å². The van der Waals surface area contributed by atoms with Gasteiger partial charge in [0.25, 0.3) is 0 Å². The molecule has 0 heterocycles. The van der Waals surface area contributed by atoms with Gasteiger partial charge in [-0.15, -0.1) is 0 Å². The second-order valence-corrected chi connectivity index (χ2v) is 24.2. The van der Waals surface area contributed by atoms with E-state index in [9.17, 15) is 0 Å². The zero-order chi connectivity index (χ0) is 50.0. The molecule has 0 unspecified atom stereocenters. The van der Waals surface area contributed by atoms with Crippen LogP contribution in [0.5, 0.6) is 0 Å². The molecule has 0 aliphatic heterocycles. The van der Waals surface area contributed by atoms with Gasteiger partial charge in [0.1, 0.15) is 0 Å². The maximum absolute atomic E-state index is 16.8. The summed E-state index contributed by atoms with van der Waals surface area (Å²) in [7, 11) is 0. The van der Waals surface area contributed by atoms with Crippen LogP contribution in [0.4, 0.5) is 0 Å². The summed E-state index contributed by atoms with van der Waals surface area (Å²) in [6.07, 6.45) is 0. The molecule has 73 heavy (non-hydrogen) atoms. The average molecular weight is 1060 g/mol. The third-order valence-electron chi connectivity index (χ3n) is 13.6. The summed E-state index contributed by atoms with van der Waals surface area (Å²) in [5, 5.41) is 0. The minimum atomic E-state index is -6.70. The molecule has 0 aliphatic carbocycles. The second kappa shape index (κ2) is 21.4. The molecule has 6 nitrogen and oxygen atoms in total. The van der Waals surface area contributed by atoms with Gasteiger partial charge in [0.15, 0.2) is 0 Å². The number of rotatable bonds is 16. The summed E-state index contributed by atoms with van der Waals surface area (Å²) >= 11 is -6.70. The summed E-state index contributed by atoms with van der Waals surface area (Å²) in [6, 6.07) is 93.5. The molecule has 0 atom stereocenters. The van der Waals surface area contributed by atoms with Gasteiger partial charge in [-0.1, -0.05) is 0 Å². The van der Waals surface area contributed by atoms with Crippen molar-refractivity contribution in [2.24, 2.45) is 0 Å². The Bertz CT molecular complexity index is 2760. The molecule has 0 radical (unpaired) electrons. The second-order valence-electron chi connectivity index (χ2n) is 17.6. The van der Waals surface area contributed by atoms with Crippen LogP contribution in [-0.4, -0.2) is 37.5 Å². The number of hydrogen-bond donors (Lipinski definition) is 0. The molecule has 10 aromatic rings. The van der Waals surface area contributed by atoms with Crippen molar-refractivity contribution >= 4 is 41.1 Å². The number of hydrogen-bond acceptors (Lipinski definition) is 6. The molecule has 0 aromatic heterocycles. The van der Waals surface area contributed by atoms with Gasteiger partial charge < -0.3 is 0 Å². The Morgan fingerprint density at radius 1 is 0.219 bits per heavy atom. The van der Waals surface area contributed by atoms with E-state index in [1.807, 2.05) is 279 Å². The van der Waals surface area contributed by atoms with E-state index < -0.39 is 53.8 Å². The summed E-state index contributed by atoms with van der Waals surface area (Å²) in [5.41, 5.74) is 0.202. The van der Waals surface area contributed by atoms with E-state index in [0.29, 0.717) is 50.1 Å². The molecular formula is C66H50O6Sn. The first-order valence-electron chi connectivity index (χ1n) is 24.2. The molecule has 10 aromatic carbocycles. The fourth-order valence-electron chi connectivity index (χ4n) is 10.2. The SMILES string of the molecule is O=C([O][Sn]([O]C(=O)C(c1ccccc1)(c1ccccc1)c1ccccc1)([O]C(=O)C(c1ccccc1)(c1ccccc1)c1ccccc1)[c]1ccccc1)C(c1ccccc1)(c1ccccc1)c1ccccc1. The van der Waals surface area contributed by atoms with Crippen LogP contribution in [0.25, 0.3) is 0 Å². The number of carbonyl (C=O) groups is 3. The Balaban J connectivity index is 1.29. The zero-order valence-corrected chi connectivity index (χ0v) is 42.7. The van der Waals surface area contributed by atoms with Crippen LogP contribution in [-0.2, 0) is 39.9 Å². The predicted molar refractivity (Wildman–Crippen MR) is 288 cm³/mol. The van der Waals surface area contributed by atoms with Gasteiger partial charge in [0, 0.05) is 0 Å². The summed E-state index contributed by atoms with van der Waals surface area (Å²) in [5.74, 6) is -2.40. The Hall–Kier alpha value is -8.59. The average Bonchev–Trinajstić information content (AvgIpc) is 3.47. The number of benzene rings is 10. The van der Waals surface area contributed by atoms with E-state index in [-0.39, 0.29) is 3.58 Å². The van der Waals surface area contributed by atoms with Crippen molar-refractivity contribution in [1.82, 2.24) is 0 Å². The molecule has 0 N–H and O–H groups in total. The molecule has 354 valence electrons. The first-order valence-corrected chi connectivity index (χ1v) is 29.1. The molecule has 0 fully saturated rings. The van der Waals surface area contributed by atoms with Gasteiger partial charge in [0.2, 0.25) is 0 Å². The van der Waals surface area contributed by atoms with Gasteiger partial charge >= 0.3 is 434 Å². The molecule has 0 aliphatic rings. The fourth-order valence-corrected chi connectivity index (χ4v) is 16.7. The van der Waals surface area contributed by atoms with Crippen molar-refractivity contribution in [2.75, 3.05) is 0 Å². The van der Waals surface area contributed by atoms with E-state index in [0.717, 1.165) is 0 Å². The van der Waals surface area contributed by atoms with Crippen molar-refractivity contribution in [2.45, 2.75) is 16.2 Å². The third-order valence-corrected chi connectivity index (χ3v) is 20.4. The Labute approximate surface area is 431 Å².